The number of aliphatic imine (C=N–C) groups is 1. The fourth-order valence-electron chi connectivity index (χ4n) is 0.204. The zero-order valence-corrected chi connectivity index (χ0v) is 5.97. The first kappa shape index (κ1) is 8.73. The van der Waals surface area contributed by atoms with Gasteiger partial charge >= 0.3 is 8.03 Å². The van der Waals surface area contributed by atoms with Crippen molar-refractivity contribution in [2.24, 2.45) is 4.99 Å². The fourth-order valence-corrected chi connectivity index (χ4v) is 0.891. The van der Waals surface area contributed by atoms with E-state index < -0.39 is 13.8 Å². The highest BCUT2D eigenvalue weighted by atomic mass is 35.5. The van der Waals surface area contributed by atoms with Gasteiger partial charge in [0.05, 0.1) is 5.88 Å². The van der Waals surface area contributed by atoms with Crippen molar-refractivity contribution >= 4 is 25.7 Å². The Hall–Kier alpha value is -0.270. The second kappa shape index (κ2) is 4.59. The van der Waals surface area contributed by atoms with E-state index in [4.69, 9.17) is 16.5 Å². The van der Waals surface area contributed by atoms with Crippen LogP contribution in [0.4, 0.5) is 0 Å². The first-order chi connectivity index (χ1) is 4.22. The van der Waals surface area contributed by atoms with Crippen molar-refractivity contribution in [1.29, 1.82) is 0 Å². The van der Waals surface area contributed by atoms with Gasteiger partial charge in [0.2, 0.25) is 6.08 Å². The molecule has 0 bridgehead atoms. The lowest BCUT2D eigenvalue weighted by Crippen LogP contribution is -1.98. The highest BCUT2D eigenvalue weighted by Gasteiger charge is 2.26. The minimum Gasteiger partial charge on any atom is -0.211 e. The smallest absolute Gasteiger partial charge is 0.211 e. The molecule has 0 heterocycles. The standard InChI is InChI=1S/C3H3ClNO3P/c4-1-3(5-2-6)9(7)8/h3H,1H2/p+1. The maximum absolute atomic E-state index is 10.1. The predicted molar refractivity (Wildman–Crippen MR) is 32.5 cm³/mol. The van der Waals surface area contributed by atoms with Crippen LogP contribution in [0.5, 0.6) is 0 Å². The van der Waals surface area contributed by atoms with Crippen LogP contribution in [0.15, 0.2) is 4.99 Å². The van der Waals surface area contributed by atoms with Gasteiger partial charge in [-0.25, -0.2) is 4.79 Å². The molecule has 0 aliphatic heterocycles. The summed E-state index contributed by atoms with van der Waals surface area (Å²) in [6, 6.07) is 0. The average Bonchev–Trinajstić information content (AvgIpc) is 1.82. The predicted octanol–water partition coefficient (Wildman–Crippen LogP) is 0.622. The Morgan fingerprint density at radius 1 is 1.89 bits per heavy atom. The molecule has 0 aliphatic carbocycles. The molecule has 9 heavy (non-hydrogen) atoms. The summed E-state index contributed by atoms with van der Waals surface area (Å²) >= 11 is 5.12. The van der Waals surface area contributed by atoms with Crippen molar-refractivity contribution in [2.45, 2.75) is 5.78 Å². The molecule has 0 aliphatic rings. The van der Waals surface area contributed by atoms with Crippen LogP contribution in [0.25, 0.3) is 0 Å². The first-order valence-corrected chi connectivity index (χ1v) is 3.82. The van der Waals surface area contributed by atoms with Crippen LogP contribution in [0.2, 0.25) is 0 Å². The number of hydrogen-bond acceptors (Lipinski definition) is 3. The van der Waals surface area contributed by atoms with Gasteiger partial charge < -0.3 is 0 Å². The molecular weight excluding hydrogens is 164 g/mol. The van der Waals surface area contributed by atoms with Crippen molar-refractivity contribution in [3.63, 3.8) is 0 Å². The number of hydrogen-bond donors (Lipinski definition) is 1. The molecule has 0 spiro atoms. The van der Waals surface area contributed by atoms with Crippen LogP contribution in [0.1, 0.15) is 0 Å². The molecular formula is C3H4ClNO3P+. The van der Waals surface area contributed by atoms with Gasteiger partial charge in [-0.15, -0.1) is 16.6 Å². The summed E-state index contributed by atoms with van der Waals surface area (Å²) in [5.74, 6) is -1.14. The number of isocyanates is 1. The zero-order valence-electron chi connectivity index (χ0n) is 4.32. The second-order valence-corrected chi connectivity index (χ2v) is 2.67. The maximum atomic E-state index is 10.1. The van der Waals surface area contributed by atoms with Crippen LogP contribution in [0.3, 0.4) is 0 Å². The van der Waals surface area contributed by atoms with E-state index in [0.29, 0.717) is 0 Å². The van der Waals surface area contributed by atoms with Crippen LogP contribution < -0.4 is 0 Å². The lowest BCUT2D eigenvalue weighted by atomic mass is 10.8. The van der Waals surface area contributed by atoms with E-state index in [-0.39, 0.29) is 5.88 Å². The van der Waals surface area contributed by atoms with Crippen LogP contribution >= 0.6 is 19.6 Å². The second-order valence-electron chi connectivity index (χ2n) is 1.16. The van der Waals surface area contributed by atoms with Gasteiger partial charge in [-0.3, -0.25) is 0 Å². The number of rotatable bonds is 3. The van der Waals surface area contributed by atoms with E-state index >= 15 is 0 Å². The van der Waals surface area contributed by atoms with Crippen LogP contribution in [-0.4, -0.2) is 22.6 Å². The lowest BCUT2D eigenvalue weighted by Gasteiger charge is -1.83. The Balaban J connectivity index is 3.98. The van der Waals surface area contributed by atoms with Crippen molar-refractivity contribution in [2.75, 3.05) is 5.88 Å². The van der Waals surface area contributed by atoms with Gasteiger partial charge in [0.15, 0.2) is 0 Å². The summed E-state index contributed by atoms with van der Waals surface area (Å²) in [4.78, 5) is 20.8. The third-order valence-electron chi connectivity index (χ3n) is 0.595. The Morgan fingerprint density at radius 3 is 2.56 bits per heavy atom. The molecule has 50 valence electrons. The fraction of sp³-hybridized carbons (Fsp3) is 0.667. The Kier molecular flexibility index (Phi) is 4.46. The van der Waals surface area contributed by atoms with E-state index in [1.165, 1.54) is 0 Å². The number of nitrogens with zero attached hydrogens (tertiary/aromatic N) is 1. The molecule has 4 nitrogen and oxygen atoms in total. The summed E-state index contributed by atoms with van der Waals surface area (Å²) in [6.45, 7) is 0. The Labute approximate surface area is 57.4 Å². The zero-order chi connectivity index (χ0) is 7.28. The summed E-state index contributed by atoms with van der Waals surface area (Å²) in [7, 11) is -2.48. The number of carbonyl (C=O) groups excluding carboxylic acids is 1. The third-order valence-corrected chi connectivity index (χ3v) is 1.91. The summed E-state index contributed by atoms with van der Waals surface area (Å²) in [6.07, 6.45) is 1.15. The summed E-state index contributed by atoms with van der Waals surface area (Å²) < 4.78 is 10.1. The van der Waals surface area contributed by atoms with Crippen molar-refractivity contribution in [3.05, 3.63) is 0 Å². The van der Waals surface area contributed by atoms with Crippen molar-refractivity contribution in [1.82, 2.24) is 0 Å². The van der Waals surface area contributed by atoms with Crippen molar-refractivity contribution < 1.29 is 14.3 Å². The van der Waals surface area contributed by atoms with Crippen molar-refractivity contribution in [3.8, 4) is 0 Å². The van der Waals surface area contributed by atoms with E-state index in [1.807, 2.05) is 0 Å². The number of alkyl halides is 1. The van der Waals surface area contributed by atoms with Crippen LogP contribution in [0, 0.1) is 0 Å². The molecule has 2 atom stereocenters. The minimum absolute atomic E-state index is 0.138. The van der Waals surface area contributed by atoms with E-state index in [2.05, 4.69) is 4.99 Å². The average molecular weight is 168 g/mol. The van der Waals surface area contributed by atoms with Gasteiger partial charge in [-0.2, -0.15) is 4.89 Å². The molecule has 0 rings (SSSR count). The summed E-state index contributed by atoms with van der Waals surface area (Å²) in [5, 5.41) is 0. The van der Waals surface area contributed by atoms with E-state index in [1.54, 1.807) is 0 Å². The van der Waals surface area contributed by atoms with Gasteiger partial charge in [0.1, 0.15) is 0 Å². The highest BCUT2D eigenvalue weighted by molar-refractivity contribution is 7.39. The van der Waals surface area contributed by atoms with Crippen LogP contribution in [-0.2, 0) is 9.36 Å². The quantitative estimate of drug-likeness (QED) is 0.291. The molecule has 0 aromatic heterocycles. The number of halogens is 1. The summed E-state index contributed by atoms with van der Waals surface area (Å²) in [5.41, 5.74) is 0. The first-order valence-electron chi connectivity index (χ1n) is 2.00. The molecule has 0 aromatic rings. The van der Waals surface area contributed by atoms with E-state index in [9.17, 15) is 9.36 Å². The molecule has 0 radical (unpaired) electrons. The monoisotopic (exact) mass is 168 g/mol. The van der Waals surface area contributed by atoms with Gasteiger partial charge in [-0.1, -0.05) is 0 Å². The molecule has 1 N–H and O–H groups in total. The molecule has 2 unspecified atom stereocenters. The molecule has 0 saturated heterocycles. The van der Waals surface area contributed by atoms with Gasteiger partial charge in [0.25, 0.3) is 5.78 Å². The molecule has 6 heteroatoms. The lowest BCUT2D eigenvalue weighted by molar-refractivity contribution is 0.492. The third kappa shape index (κ3) is 3.33. The Bertz CT molecular complexity index is 153. The van der Waals surface area contributed by atoms with E-state index in [0.717, 1.165) is 6.08 Å². The largest absolute Gasteiger partial charge is 0.534 e. The van der Waals surface area contributed by atoms with Gasteiger partial charge in [-0.05, 0) is 4.57 Å². The normalized spacial score (nSPS) is 13.8. The minimum atomic E-state index is -2.48. The molecule has 0 fully saturated rings. The van der Waals surface area contributed by atoms with Gasteiger partial charge in [0, 0.05) is 0 Å². The highest BCUT2D eigenvalue weighted by Crippen LogP contribution is 2.23. The maximum Gasteiger partial charge on any atom is 0.534 e. The molecule has 0 aromatic carbocycles. The topological polar surface area (TPSA) is 66.7 Å². The molecule has 0 amide bonds. The molecule has 0 saturated carbocycles. The SMILES string of the molecule is O=C=NC(CCl)[P+](=O)O. The Morgan fingerprint density at radius 2 is 2.44 bits per heavy atom.